The number of amides is 1. The number of halogens is 1. The van der Waals surface area contributed by atoms with Gasteiger partial charge in [0.15, 0.2) is 10.7 Å². The topological polar surface area (TPSA) is 148 Å². The van der Waals surface area contributed by atoms with Crippen molar-refractivity contribution in [2.45, 2.75) is 49.7 Å². The number of hydrogen-bond donors (Lipinski definition) is 2. The van der Waals surface area contributed by atoms with Gasteiger partial charge in [0.25, 0.3) is 15.9 Å². The molecule has 1 aliphatic heterocycles. The molecule has 1 aliphatic rings. The van der Waals surface area contributed by atoms with Gasteiger partial charge in [0.2, 0.25) is 10.0 Å². The minimum atomic E-state index is -4.12. The van der Waals surface area contributed by atoms with Gasteiger partial charge in [-0.15, -0.1) is 0 Å². The van der Waals surface area contributed by atoms with Gasteiger partial charge in [0.1, 0.15) is 5.69 Å². The molecule has 1 aromatic heterocycles. The van der Waals surface area contributed by atoms with Crippen LogP contribution in [0.1, 0.15) is 35.7 Å². The van der Waals surface area contributed by atoms with E-state index in [1.165, 1.54) is 60.6 Å². The Morgan fingerprint density at radius 1 is 1.03 bits per heavy atom. The fourth-order valence-corrected chi connectivity index (χ4v) is 7.41. The number of hydrogen-bond acceptors (Lipinski definition) is 8. The van der Waals surface area contributed by atoms with Crippen molar-refractivity contribution in [3.05, 3.63) is 64.5 Å². The molecule has 0 bridgehead atoms. The number of rotatable bonds is 7. The summed E-state index contributed by atoms with van der Waals surface area (Å²) < 4.78 is 66.5. The summed E-state index contributed by atoms with van der Waals surface area (Å²) in [6, 6.07) is 9.83. The average molecular weight is 607 g/mol. The number of benzene rings is 2. The Balaban J connectivity index is 0.00000420. The second-order valence-electron chi connectivity index (χ2n) is 9.01. The van der Waals surface area contributed by atoms with Gasteiger partial charge in [-0.3, -0.25) is 9.52 Å². The molecule has 206 valence electrons. The van der Waals surface area contributed by atoms with Crippen LogP contribution in [0.2, 0.25) is 5.02 Å². The van der Waals surface area contributed by atoms with Gasteiger partial charge < -0.3 is 14.6 Å². The molecule has 1 saturated heterocycles. The molecule has 0 radical (unpaired) electrons. The van der Waals surface area contributed by atoms with Crippen LogP contribution in [-0.4, -0.2) is 87.1 Å². The molecular formula is C24H28ClN4NaO7S2. The van der Waals surface area contributed by atoms with E-state index in [0.717, 1.165) is 0 Å². The molecule has 2 unspecified atom stereocenters. The fourth-order valence-electron chi connectivity index (χ4n) is 4.23. The Morgan fingerprint density at radius 2 is 1.64 bits per heavy atom. The van der Waals surface area contributed by atoms with Gasteiger partial charge in [-0.25, -0.2) is 16.8 Å². The maximum atomic E-state index is 13.1. The first-order valence-corrected chi connectivity index (χ1v) is 14.9. The van der Waals surface area contributed by atoms with Crippen LogP contribution in [0.3, 0.4) is 0 Å². The predicted molar refractivity (Wildman–Crippen MR) is 149 cm³/mol. The van der Waals surface area contributed by atoms with Crippen molar-refractivity contribution in [1.29, 1.82) is 0 Å². The van der Waals surface area contributed by atoms with Crippen LogP contribution in [0.5, 0.6) is 0 Å². The van der Waals surface area contributed by atoms with Crippen molar-refractivity contribution in [3.63, 3.8) is 0 Å². The Bertz CT molecular complexity index is 1550. The number of morpholine rings is 1. The summed E-state index contributed by atoms with van der Waals surface area (Å²) in [7, 11) is -7.88. The quantitative estimate of drug-likeness (QED) is 0.390. The monoisotopic (exact) mass is 606 g/mol. The van der Waals surface area contributed by atoms with Crippen molar-refractivity contribution >= 4 is 78.5 Å². The van der Waals surface area contributed by atoms with Gasteiger partial charge in [-0.05, 0) is 70.2 Å². The van der Waals surface area contributed by atoms with Crippen molar-refractivity contribution in [2.75, 3.05) is 23.1 Å². The van der Waals surface area contributed by atoms with Gasteiger partial charge in [0.05, 0.1) is 28.4 Å². The van der Waals surface area contributed by atoms with E-state index in [0.29, 0.717) is 5.69 Å². The predicted octanol–water partition coefficient (Wildman–Crippen LogP) is 3.15. The molecule has 3 aromatic rings. The molecule has 1 amide bonds. The Hall–Kier alpha value is -1.97. The standard InChI is InChI=1S/C24H27ClN4O7S2.Na.H/c1-14-12-29(13-15(2)35-14)38(33,34)20-8-6-19(7-9-20)26-24(30)21-11-18(25)5-10-22(21)28-37(31,32)23-16(3)27-36-17(23)4;;/h5-11,14-15,28H,12-13H2,1-4H3,(H,26,30);;. The van der Waals surface area contributed by atoms with E-state index in [1.54, 1.807) is 0 Å². The first-order chi connectivity index (χ1) is 17.8. The molecule has 0 saturated carbocycles. The molecule has 11 nitrogen and oxygen atoms in total. The normalized spacial score (nSPS) is 18.3. The number of anilines is 2. The van der Waals surface area contributed by atoms with Crippen LogP contribution >= 0.6 is 11.6 Å². The van der Waals surface area contributed by atoms with E-state index in [2.05, 4.69) is 15.2 Å². The van der Waals surface area contributed by atoms with Crippen molar-refractivity contribution in [3.8, 4) is 0 Å². The van der Waals surface area contributed by atoms with Crippen LogP contribution in [0.4, 0.5) is 11.4 Å². The molecule has 2 N–H and O–H groups in total. The van der Waals surface area contributed by atoms with E-state index < -0.39 is 26.0 Å². The SMILES string of the molecule is Cc1noc(C)c1S(=O)(=O)Nc1ccc(Cl)cc1C(=O)Nc1ccc(S(=O)(=O)N2CC(C)OC(C)C2)cc1.[NaH]. The van der Waals surface area contributed by atoms with Crippen LogP contribution in [0, 0.1) is 13.8 Å². The first kappa shape index (κ1) is 31.6. The number of nitrogens with one attached hydrogen (secondary N) is 2. The number of aryl methyl sites for hydroxylation is 2. The first-order valence-electron chi connectivity index (χ1n) is 11.6. The summed E-state index contributed by atoms with van der Waals surface area (Å²) in [4.78, 5) is 13.1. The van der Waals surface area contributed by atoms with Gasteiger partial charge >= 0.3 is 29.6 Å². The van der Waals surface area contributed by atoms with E-state index >= 15 is 0 Å². The summed E-state index contributed by atoms with van der Waals surface area (Å²) >= 11 is 6.09. The van der Waals surface area contributed by atoms with Crippen LogP contribution in [0.15, 0.2) is 56.8 Å². The molecule has 15 heteroatoms. The van der Waals surface area contributed by atoms with Crippen molar-refractivity contribution in [1.82, 2.24) is 9.46 Å². The molecule has 0 aliphatic carbocycles. The Kier molecular flexibility index (Phi) is 9.93. The third kappa shape index (κ3) is 7.03. The summed E-state index contributed by atoms with van der Waals surface area (Å²) in [5.41, 5.74) is 0.422. The van der Waals surface area contributed by atoms with Crippen molar-refractivity contribution in [2.24, 2.45) is 0 Å². The van der Waals surface area contributed by atoms with Crippen LogP contribution in [-0.2, 0) is 24.8 Å². The zero-order valence-electron chi connectivity index (χ0n) is 21.1. The maximum absolute atomic E-state index is 13.1. The number of aromatic nitrogens is 1. The fraction of sp³-hybridized carbons (Fsp3) is 0.333. The number of carbonyl (C=O) groups is 1. The molecular weight excluding hydrogens is 579 g/mol. The summed E-state index contributed by atoms with van der Waals surface area (Å²) in [6.45, 7) is 7.07. The zero-order valence-corrected chi connectivity index (χ0v) is 23.4. The third-order valence-corrected chi connectivity index (χ3v) is 9.53. The second-order valence-corrected chi connectivity index (χ2v) is 13.0. The summed E-state index contributed by atoms with van der Waals surface area (Å²) in [5, 5.41) is 6.53. The second kappa shape index (κ2) is 12.3. The van der Waals surface area contributed by atoms with Gasteiger partial charge in [-0.1, -0.05) is 16.8 Å². The molecule has 2 atom stereocenters. The van der Waals surface area contributed by atoms with E-state index in [1.807, 2.05) is 13.8 Å². The van der Waals surface area contributed by atoms with Crippen LogP contribution < -0.4 is 10.0 Å². The number of ether oxygens (including phenoxy) is 1. The van der Waals surface area contributed by atoms with Crippen molar-refractivity contribution < 1.29 is 30.9 Å². The number of sulfonamides is 2. The molecule has 2 aromatic carbocycles. The third-order valence-electron chi connectivity index (χ3n) is 5.84. The minimum absolute atomic E-state index is 0. The average Bonchev–Trinajstić information content (AvgIpc) is 3.18. The molecule has 39 heavy (non-hydrogen) atoms. The summed E-state index contributed by atoms with van der Waals surface area (Å²) in [5.74, 6) is -0.554. The molecule has 0 spiro atoms. The molecule has 2 heterocycles. The number of nitrogens with zero attached hydrogens (tertiary/aromatic N) is 2. The summed E-state index contributed by atoms with van der Waals surface area (Å²) in [6.07, 6.45) is -0.456. The van der Waals surface area contributed by atoms with E-state index in [-0.39, 0.29) is 92.4 Å². The molecule has 1 fully saturated rings. The number of carbonyl (C=O) groups excluding carboxylic acids is 1. The van der Waals surface area contributed by atoms with Crippen LogP contribution in [0.25, 0.3) is 0 Å². The Morgan fingerprint density at radius 3 is 2.21 bits per heavy atom. The molecule has 4 rings (SSSR count). The Labute approximate surface area is 254 Å². The zero-order chi connectivity index (χ0) is 27.8. The van der Waals surface area contributed by atoms with Gasteiger partial charge in [-0.2, -0.15) is 4.31 Å². The van der Waals surface area contributed by atoms with E-state index in [9.17, 15) is 21.6 Å². The van der Waals surface area contributed by atoms with Gasteiger partial charge in [0, 0.05) is 23.8 Å². The van der Waals surface area contributed by atoms with E-state index in [4.69, 9.17) is 20.9 Å².